The summed E-state index contributed by atoms with van der Waals surface area (Å²) in [4.78, 5) is 0. The molecule has 0 aliphatic heterocycles. The molecule has 0 heterocycles. The van der Waals surface area contributed by atoms with Crippen molar-refractivity contribution in [3.63, 3.8) is 0 Å². The maximum Gasteiger partial charge on any atom is -0.0184 e. The third-order valence-corrected chi connectivity index (χ3v) is 3.00. The van der Waals surface area contributed by atoms with Crippen LogP contribution in [-0.2, 0) is 6.42 Å². The second-order valence-electron chi connectivity index (χ2n) is 3.94. The molecular weight excluding hydrogens is 212 g/mol. The van der Waals surface area contributed by atoms with Gasteiger partial charge in [0.1, 0.15) is 0 Å². The second kappa shape index (κ2) is 7.56. The van der Waals surface area contributed by atoms with E-state index in [0.29, 0.717) is 5.92 Å². The van der Waals surface area contributed by atoms with Gasteiger partial charge in [0.05, 0.1) is 0 Å². The Kier molecular flexibility index (Phi) is 7.24. The monoisotopic (exact) mass is 236 g/mol. The fraction of sp³-hybridized carbons (Fsp3) is 0.467. The van der Waals surface area contributed by atoms with Gasteiger partial charge in [-0.2, -0.15) is 12.6 Å². The molecule has 1 heteroatoms. The van der Waals surface area contributed by atoms with E-state index in [9.17, 15) is 0 Å². The smallest absolute Gasteiger partial charge is 0.0184 e. The zero-order chi connectivity index (χ0) is 12.7. The molecule has 1 rings (SSSR count). The lowest BCUT2D eigenvalue weighted by molar-refractivity contribution is 0.717. The molecule has 0 nitrogen and oxygen atoms in total. The first kappa shape index (κ1) is 15.3. The average molecular weight is 236 g/mol. The van der Waals surface area contributed by atoms with E-state index < -0.39 is 0 Å². The van der Waals surface area contributed by atoms with E-state index in [1.54, 1.807) is 6.26 Å². The third kappa shape index (κ3) is 3.41. The summed E-state index contributed by atoms with van der Waals surface area (Å²) in [5.74, 6) is 0.596. The van der Waals surface area contributed by atoms with Crippen molar-refractivity contribution in [3.05, 3.63) is 33.7 Å². The molecule has 0 bridgehead atoms. The quantitative estimate of drug-likeness (QED) is 0.766. The first-order chi connectivity index (χ1) is 7.61. The number of benzene rings is 1. The normalized spacial score (nSPS) is 11.6. The zero-order valence-electron chi connectivity index (χ0n) is 11.0. The maximum atomic E-state index is 4.11. The predicted octanol–water partition coefficient (Wildman–Crippen LogP) is 3.13. The van der Waals surface area contributed by atoms with E-state index in [1.165, 1.54) is 22.8 Å². The van der Waals surface area contributed by atoms with Gasteiger partial charge < -0.3 is 0 Å². The van der Waals surface area contributed by atoms with Crippen LogP contribution in [0.4, 0.5) is 0 Å². The van der Waals surface area contributed by atoms with Crippen LogP contribution in [0.25, 0.3) is 13.2 Å². The second-order valence-corrected chi connectivity index (χ2v) is 3.94. The Hall–Kier alpha value is -0.690. The zero-order valence-corrected chi connectivity index (χ0v) is 11.9. The largest absolute Gasteiger partial charge is 0.183 e. The molecule has 1 aromatic rings. The highest BCUT2D eigenvalue weighted by atomic mass is 32.1. The minimum Gasteiger partial charge on any atom is -0.183 e. The van der Waals surface area contributed by atoms with Gasteiger partial charge in [0.2, 0.25) is 0 Å². The van der Waals surface area contributed by atoms with Crippen molar-refractivity contribution in [1.29, 1.82) is 0 Å². The minimum atomic E-state index is 0.596. The number of rotatable bonds is 3. The fourth-order valence-corrected chi connectivity index (χ4v) is 1.99. The van der Waals surface area contributed by atoms with Gasteiger partial charge in [-0.3, -0.25) is 0 Å². The summed E-state index contributed by atoms with van der Waals surface area (Å²) in [5, 5.41) is 2.33. The maximum absolute atomic E-state index is 4.11. The van der Waals surface area contributed by atoms with Gasteiger partial charge in [-0.15, -0.1) is 0 Å². The van der Waals surface area contributed by atoms with Crippen LogP contribution in [0.3, 0.4) is 0 Å². The van der Waals surface area contributed by atoms with Crippen molar-refractivity contribution in [1.82, 2.24) is 0 Å². The Morgan fingerprint density at radius 3 is 2.06 bits per heavy atom. The summed E-state index contributed by atoms with van der Waals surface area (Å²) in [7, 11) is 0. The Bertz CT molecular complexity index is 406. The van der Waals surface area contributed by atoms with Crippen LogP contribution in [0, 0.1) is 0 Å². The molecule has 0 aliphatic carbocycles. The lowest BCUT2D eigenvalue weighted by atomic mass is 9.90. The molecule has 1 atom stereocenters. The van der Waals surface area contributed by atoms with Gasteiger partial charge >= 0.3 is 0 Å². The van der Waals surface area contributed by atoms with Crippen molar-refractivity contribution in [2.75, 3.05) is 6.26 Å². The van der Waals surface area contributed by atoms with Crippen molar-refractivity contribution >= 4 is 25.8 Å². The van der Waals surface area contributed by atoms with Crippen molar-refractivity contribution in [3.8, 4) is 0 Å². The summed E-state index contributed by atoms with van der Waals surface area (Å²) in [6.07, 6.45) is 3.92. The number of hydrogen-bond acceptors (Lipinski definition) is 1. The molecule has 0 saturated heterocycles. The summed E-state index contributed by atoms with van der Waals surface area (Å²) in [6.45, 7) is 14.9. The fourth-order valence-electron chi connectivity index (χ4n) is 1.99. The summed E-state index contributed by atoms with van der Waals surface area (Å²) in [6, 6.07) is 4.16. The Morgan fingerprint density at radius 1 is 1.12 bits per heavy atom. The van der Waals surface area contributed by atoms with E-state index in [4.69, 9.17) is 0 Å². The molecule has 0 N–H and O–H groups in total. The summed E-state index contributed by atoms with van der Waals surface area (Å²) >= 11 is 3.53. The van der Waals surface area contributed by atoms with Crippen molar-refractivity contribution in [2.45, 2.75) is 39.5 Å². The van der Waals surface area contributed by atoms with Crippen LogP contribution < -0.4 is 10.4 Å². The Labute approximate surface area is 105 Å². The SMILES string of the molecule is C=c1ccc(=C)c(C(C)CC)c1CC.CS. The molecule has 90 valence electrons. The van der Waals surface area contributed by atoms with E-state index in [1.807, 2.05) is 0 Å². The summed E-state index contributed by atoms with van der Waals surface area (Å²) < 4.78 is 0. The molecular formula is C15H24S. The molecule has 0 saturated carbocycles. The number of thiol groups is 1. The van der Waals surface area contributed by atoms with Crippen LogP contribution in [0.5, 0.6) is 0 Å². The van der Waals surface area contributed by atoms with E-state index >= 15 is 0 Å². The molecule has 1 aromatic carbocycles. The van der Waals surface area contributed by atoms with E-state index in [2.05, 4.69) is 58.7 Å². The van der Waals surface area contributed by atoms with Gasteiger partial charge in [0.25, 0.3) is 0 Å². The van der Waals surface area contributed by atoms with E-state index in [-0.39, 0.29) is 0 Å². The van der Waals surface area contributed by atoms with Crippen LogP contribution in [0.1, 0.15) is 44.2 Å². The van der Waals surface area contributed by atoms with Crippen LogP contribution >= 0.6 is 12.6 Å². The lowest BCUT2D eigenvalue weighted by Gasteiger charge is -2.15. The van der Waals surface area contributed by atoms with Gasteiger partial charge in [-0.25, -0.2) is 0 Å². The first-order valence-electron chi connectivity index (χ1n) is 5.86. The van der Waals surface area contributed by atoms with Gasteiger partial charge in [-0.05, 0) is 46.6 Å². The highest BCUT2D eigenvalue weighted by molar-refractivity contribution is 7.79. The van der Waals surface area contributed by atoms with Crippen LogP contribution in [-0.4, -0.2) is 6.26 Å². The van der Waals surface area contributed by atoms with Crippen molar-refractivity contribution in [2.24, 2.45) is 0 Å². The highest BCUT2D eigenvalue weighted by Crippen LogP contribution is 2.17. The molecule has 16 heavy (non-hydrogen) atoms. The third-order valence-electron chi connectivity index (χ3n) is 3.00. The highest BCUT2D eigenvalue weighted by Gasteiger charge is 2.09. The molecule has 0 fully saturated rings. The Balaban J connectivity index is 0.00000106. The molecule has 0 aliphatic rings. The first-order valence-corrected chi connectivity index (χ1v) is 6.75. The van der Waals surface area contributed by atoms with Crippen LogP contribution in [0.2, 0.25) is 0 Å². The van der Waals surface area contributed by atoms with Gasteiger partial charge in [0.15, 0.2) is 0 Å². The molecule has 0 spiro atoms. The minimum absolute atomic E-state index is 0.596. The molecule has 1 unspecified atom stereocenters. The van der Waals surface area contributed by atoms with E-state index in [0.717, 1.165) is 11.6 Å². The molecule has 0 aromatic heterocycles. The summed E-state index contributed by atoms with van der Waals surface area (Å²) in [5.41, 5.74) is 2.81. The average Bonchev–Trinajstić information content (AvgIpc) is 2.33. The standard InChI is InChI=1S/C14H20.CH4S/c1-6-10(3)14-12(5)9-8-11(4)13(14)7-2;1-2/h8-10H,4-7H2,1-3H3;2H,1H3. The topological polar surface area (TPSA) is 0 Å². The van der Waals surface area contributed by atoms with Crippen LogP contribution in [0.15, 0.2) is 12.1 Å². The van der Waals surface area contributed by atoms with Gasteiger partial charge in [-0.1, -0.05) is 46.1 Å². The predicted molar refractivity (Wildman–Crippen MR) is 79.7 cm³/mol. The Morgan fingerprint density at radius 2 is 1.62 bits per heavy atom. The van der Waals surface area contributed by atoms with Crippen molar-refractivity contribution < 1.29 is 0 Å². The van der Waals surface area contributed by atoms with Gasteiger partial charge in [0, 0.05) is 0 Å². The molecule has 0 amide bonds. The number of hydrogen-bond donors (Lipinski definition) is 1. The lowest BCUT2D eigenvalue weighted by Crippen LogP contribution is -2.21. The molecule has 0 radical (unpaired) electrons.